The summed E-state index contributed by atoms with van der Waals surface area (Å²) in [6, 6.07) is 16.5. The van der Waals surface area contributed by atoms with Gasteiger partial charge in [-0.15, -0.1) is 0 Å². The van der Waals surface area contributed by atoms with Gasteiger partial charge in [0.1, 0.15) is 0 Å². The van der Waals surface area contributed by atoms with Crippen molar-refractivity contribution in [1.82, 2.24) is 0 Å². The lowest BCUT2D eigenvalue weighted by atomic mass is 9.76. The molecular weight excluding hydrogens is 220 g/mol. The number of benzene rings is 2. The smallest absolute Gasteiger partial charge is 0.0899 e. The zero-order chi connectivity index (χ0) is 12.5. The van der Waals surface area contributed by atoms with Gasteiger partial charge in [-0.1, -0.05) is 60.7 Å². The van der Waals surface area contributed by atoms with E-state index in [-0.39, 0.29) is 5.92 Å². The Morgan fingerprint density at radius 2 is 1.44 bits per heavy atom. The van der Waals surface area contributed by atoms with Crippen LogP contribution in [0, 0.1) is 0 Å². The predicted molar refractivity (Wildman–Crippen MR) is 74.4 cm³/mol. The minimum atomic E-state index is -0.452. The van der Waals surface area contributed by atoms with Crippen molar-refractivity contribution in [2.24, 2.45) is 0 Å². The summed E-state index contributed by atoms with van der Waals surface area (Å²) in [6.45, 7) is 2.00. The van der Waals surface area contributed by atoms with E-state index in [0.717, 1.165) is 11.1 Å². The molecule has 1 N–H and O–H groups in total. The van der Waals surface area contributed by atoms with E-state index in [4.69, 9.17) is 0 Å². The Morgan fingerprint density at radius 1 is 0.889 bits per heavy atom. The van der Waals surface area contributed by atoms with Gasteiger partial charge in [-0.05, 0) is 29.2 Å². The fourth-order valence-electron chi connectivity index (χ4n) is 2.81. The molecule has 0 aromatic heterocycles. The second-order valence-electron chi connectivity index (χ2n) is 4.67. The van der Waals surface area contributed by atoms with Crippen molar-refractivity contribution < 1.29 is 5.11 Å². The van der Waals surface area contributed by atoms with Crippen molar-refractivity contribution in [1.29, 1.82) is 0 Å². The molecule has 3 rings (SSSR count). The van der Waals surface area contributed by atoms with Gasteiger partial charge in [-0.3, -0.25) is 0 Å². The summed E-state index contributed by atoms with van der Waals surface area (Å²) in [4.78, 5) is 0. The van der Waals surface area contributed by atoms with E-state index in [1.807, 2.05) is 37.3 Å². The molecule has 2 aromatic carbocycles. The van der Waals surface area contributed by atoms with E-state index < -0.39 is 6.10 Å². The van der Waals surface area contributed by atoms with Crippen molar-refractivity contribution in [3.63, 3.8) is 0 Å². The molecule has 0 saturated heterocycles. The second-order valence-corrected chi connectivity index (χ2v) is 4.67. The topological polar surface area (TPSA) is 20.2 Å². The quantitative estimate of drug-likeness (QED) is 0.740. The molecule has 0 radical (unpaired) electrons. The van der Waals surface area contributed by atoms with Crippen LogP contribution in [0.15, 0.2) is 60.7 Å². The Kier molecular flexibility index (Phi) is 2.77. The number of aliphatic hydroxyl groups excluding tert-OH is 1. The SMILES string of the molecule is C/C=C\[C@H]1c2ccccc2-c2ccccc2[C@@H]1O. The summed E-state index contributed by atoms with van der Waals surface area (Å²) in [5.74, 6) is 0.0566. The minimum Gasteiger partial charge on any atom is -0.387 e. The van der Waals surface area contributed by atoms with Gasteiger partial charge < -0.3 is 5.11 Å². The van der Waals surface area contributed by atoms with E-state index >= 15 is 0 Å². The van der Waals surface area contributed by atoms with Gasteiger partial charge in [0.2, 0.25) is 0 Å². The second kappa shape index (κ2) is 4.43. The Morgan fingerprint density at radius 3 is 2.11 bits per heavy atom. The zero-order valence-electron chi connectivity index (χ0n) is 10.4. The lowest BCUT2D eigenvalue weighted by Crippen LogP contribution is -2.15. The van der Waals surface area contributed by atoms with Gasteiger partial charge >= 0.3 is 0 Å². The van der Waals surface area contributed by atoms with Gasteiger partial charge in [0.25, 0.3) is 0 Å². The van der Waals surface area contributed by atoms with Crippen LogP contribution in [0.5, 0.6) is 0 Å². The first-order valence-corrected chi connectivity index (χ1v) is 6.32. The highest BCUT2D eigenvalue weighted by Crippen LogP contribution is 2.45. The van der Waals surface area contributed by atoms with E-state index in [1.54, 1.807) is 0 Å². The van der Waals surface area contributed by atoms with Crippen LogP contribution in [0.4, 0.5) is 0 Å². The fourth-order valence-corrected chi connectivity index (χ4v) is 2.81. The maximum absolute atomic E-state index is 10.5. The van der Waals surface area contributed by atoms with Crippen molar-refractivity contribution in [2.75, 3.05) is 0 Å². The molecule has 0 heterocycles. The van der Waals surface area contributed by atoms with E-state index in [2.05, 4.69) is 30.3 Å². The predicted octanol–water partition coefficient (Wildman–Crippen LogP) is 4.06. The molecule has 0 bridgehead atoms. The molecule has 1 aliphatic rings. The number of hydrogen-bond acceptors (Lipinski definition) is 1. The van der Waals surface area contributed by atoms with Crippen molar-refractivity contribution in [3.8, 4) is 11.1 Å². The molecule has 1 aliphatic carbocycles. The molecule has 0 aliphatic heterocycles. The Balaban J connectivity index is 2.28. The zero-order valence-corrected chi connectivity index (χ0v) is 10.4. The largest absolute Gasteiger partial charge is 0.387 e. The summed E-state index contributed by atoms with van der Waals surface area (Å²) in [5.41, 5.74) is 4.63. The minimum absolute atomic E-state index is 0.0566. The fraction of sp³-hybridized carbons (Fsp3) is 0.176. The van der Waals surface area contributed by atoms with Gasteiger partial charge in [-0.2, -0.15) is 0 Å². The molecule has 18 heavy (non-hydrogen) atoms. The molecular formula is C17H16O. The number of hydrogen-bond donors (Lipinski definition) is 1. The van der Waals surface area contributed by atoms with Crippen LogP contribution < -0.4 is 0 Å². The number of aliphatic hydroxyl groups is 1. The third-order valence-electron chi connectivity index (χ3n) is 3.63. The van der Waals surface area contributed by atoms with Crippen LogP contribution in [0.3, 0.4) is 0 Å². The average molecular weight is 236 g/mol. The van der Waals surface area contributed by atoms with Crippen LogP contribution >= 0.6 is 0 Å². The van der Waals surface area contributed by atoms with Gasteiger partial charge in [0.15, 0.2) is 0 Å². The van der Waals surface area contributed by atoms with Crippen molar-refractivity contribution >= 4 is 0 Å². The van der Waals surface area contributed by atoms with Crippen LogP contribution in [-0.4, -0.2) is 5.11 Å². The monoisotopic (exact) mass is 236 g/mol. The molecule has 1 nitrogen and oxygen atoms in total. The van der Waals surface area contributed by atoms with Gasteiger partial charge in [-0.25, -0.2) is 0 Å². The first-order chi connectivity index (χ1) is 8.83. The molecule has 1 heteroatoms. The Hall–Kier alpha value is -1.86. The highest BCUT2D eigenvalue weighted by molar-refractivity contribution is 5.75. The average Bonchev–Trinajstić information content (AvgIpc) is 2.43. The summed E-state index contributed by atoms with van der Waals surface area (Å²) < 4.78 is 0. The normalized spacial score (nSPS) is 21.7. The summed E-state index contributed by atoms with van der Waals surface area (Å²) in [6.07, 6.45) is 3.64. The summed E-state index contributed by atoms with van der Waals surface area (Å²) in [7, 11) is 0. The van der Waals surface area contributed by atoms with Gasteiger partial charge in [0, 0.05) is 5.92 Å². The Labute approximate surface area is 107 Å². The van der Waals surface area contributed by atoms with Gasteiger partial charge in [0.05, 0.1) is 6.10 Å². The number of fused-ring (bicyclic) bond motifs is 3. The Bertz CT molecular complexity index is 598. The molecule has 0 fully saturated rings. The molecule has 2 atom stereocenters. The molecule has 90 valence electrons. The van der Waals surface area contributed by atoms with Crippen LogP contribution in [-0.2, 0) is 0 Å². The lowest BCUT2D eigenvalue weighted by molar-refractivity contribution is 0.160. The molecule has 0 unspecified atom stereocenters. The first-order valence-electron chi connectivity index (χ1n) is 6.32. The summed E-state index contributed by atoms with van der Waals surface area (Å²) >= 11 is 0. The third-order valence-corrected chi connectivity index (χ3v) is 3.63. The molecule has 0 spiro atoms. The van der Waals surface area contributed by atoms with E-state index in [0.29, 0.717) is 0 Å². The standard InChI is InChI=1S/C17H16O/c1-2-7-15-13-9-4-3-8-12(13)14-10-5-6-11-16(14)17(15)18/h2-11,15,17-18H,1H3/b7-2-/t15-,17+/m0/s1. The maximum Gasteiger partial charge on any atom is 0.0899 e. The van der Waals surface area contributed by atoms with Crippen molar-refractivity contribution in [3.05, 3.63) is 71.8 Å². The van der Waals surface area contributed by atoms with Crippen molar-refractivity contribution in [2.45, 2.75) is 18.9 Å². The molecule has 0 amide bonds. The van der Waals surface area contributed by atoms with E-state index in [9.17, 15) is 5.11 Å². The lowest BCUT2D eigenvalue weighted by Gasteiger charge is -2.30. The number of rotatable bonds is 1. The maximum atomic E-state index is 10.5. The third kappa shape index (κ3) is 1.59. The highest BCUT2D eigenvalue weighted by atomic mass is 16.3. The van der Waals surface area contributed by atoms with E-state index in [1.165, 1.54) is 11.1 Å². The summed E-state index contributed by atoms with van der Waals surface area (Å²) in [5, 5.41) is 10.5. The van der Waals surface area contributed by atoms with Crippen LogP contribution in [0.1, 0.15) is 30.1 Å². The number of allylic oxidation sites excluding steroid dienone is 1. The van der Waals surface area contributed by atoms with Crippen LogP contribution in [0.2, 0.25) is 0 Å². The highest BCUT2D eigenvalue weighted by Gasteiger charge is 2.29. The molecule has 0 saturated carbocycles. The first kappa shape index (κ1) is 11.2. The van der Waals surface area contributed by atoms with Crippen LogP contribution in [0.25, 0.3) is 11.1 Å². The molecule has 2 aromatic rings.